The van der Waals surface area contributed by atoms with E-state index in [0.717, 1.165) is 5.56 Å². The number of carbonyl (C=O) groups excluding carboxylic acids is 3. The topological polar surface area (TPSA) is 113 Å². The summed E-state index contributed by atoms with van der Waals surface area (Å²) in [7, 11) is 0. The Balaban J connectivity index is 1.59. The van der Waals surface area contributed by atoms with Gasteiger partial charge < -0.3 is 21.7 Å². The quantitative estimate of drug-likeness (QED) is 0.451. The maximum Gasteiger partial charge on any atom is 0.251 e. The van der Waals surface area contributed by atoms with Crippen LogP contribution in [0.5, 0.6) is 0 Å². The van der Waals surface area contributed by atoms with Gasteiger partial charge in [0.2, 0.25) is 5.91 Å². The summed E-state index contributed by atoms with van der Waals surface area (Å²) >= 11 is 0. The van der Waals surface area contributed by atoms with Crippen LogP contribution in [-0.4, -0.2) is 24.3 Å². The van der Waals surface area contributed by atoms with Crippen molar-refractivity contribution in [3.05, 3.63) is 95.6 Å². The van der Waals surface area contributed by atoms with E-state index in [1.54, 1.807) is 48.5 Å². The summed E-state index contributed by atoms with van der Waals surface area (Å²) in [6.45, 7) is 1.85. The van der Waals surface area contributed by atoms with E-state index in [1.807, 2.05) is 37.3 Å². The third-order valence-electron chi connectivity index (χ3n) is 4.69. The van der Waals surface area contributed by atoms with Crippen molar-refractivity contribution in [2.45, 2.75) is 13.0 Å². The number of para-hydroxylation sites is 1. The highest BCUT2D eigenvalue weighted by Gasteiger charge is 2.13. The number of nitrogens with one attached hydrogen (secondary N) is 3. The summed E-state index contributed by atoms with van der Waals surface area (Å²) in [6.07, 6.45) is 0. The molecule has 0 spiro atoms. The smallest absolute Gasteiger partial charge is 0.251 e. The highest BCUT2D eigenvalue weighted by Crippen LogP contribution is 2.16. The molecule has 3 aromatic carbocycles. The Hall–Kier alpha value is -4.13. The van der Waals surface area contributed by atoms with Gasteiger partial charge in [0.1, 0.15) is 0 Å². The molecule has 5 N–H and O–H groups in total. The molecule has 3 rings (SSSR count). The van der Waals surface area contributed by atoms with E-state index in [0.29, 0.717) is 22.5 Å². The minimum Gasteiger partial charge on any atom is -0.376 e. The molecule has 0 heterocycles. The molecular weight excluding hydrogens is 392 g/mol. The summed E-state index contributed by atoms with van der Waals surface area (Å²) < 4.78 is 0. The Kier molecular flexibility index (Phi) is 7.01. The number of carbonyl (C=O) groups is 3. The Morgan fingerprint density at radius 2 is 1.61 bits per heavy atom. The molecule has 0 radical (unpaired) electrons. The zero-order chi connectivity index (χ0) is 22.2. The first kappa shape index (κ1) is 21.6. The van der Waals surface area contributed by atoms with Gasteiger partial charge in [0.15, 0.2) is 0 Å². The molecule has 3 amide bonds. The van der Waals surface area contributed by atoms with Crippen molar-refractivity contribution in [3.8, 4) is 0 Å². The minimum atomic E-state index is -0.577. The number of hydrogen-bond acceptors (Lipinski definition) is 4. The number of hydrogen-bond donors (Lipinski definition) is 4. The number of primary amides is 1. The fourth-order valence-corrected chi connectivity index (χ4v) is 3.08. The SMILES string of the molecule is CC(NC(=O)c1cccc(NC(=O)CNc2ccccc2C(N)=O)c1)c1ccccc1. The van der Waals surface area contributed by atoms with Crippen LogP contribution in [0.3, 0.4) is 0 Å². The van der Waals surface area contributed by atoms with Gasteiger partial charge in [-0.05, 0) is 42.8 Å². The Bertz CT molecular complexity index is 1080. The second-order valence-corrected chi connectivity index (χ2v) is 7.00. The molecule has 158 valence electrons. The summed E-state index contributed by atoms with van der Waals surface area (Å²) in [4.78, 5) is 36.4. The van der Waals surface area contributed by atoms with E-state index >= 15 is 0 Å². The van der Waals surface area contributed by atoms with E-state index in [-0.39, 0.29) is 24.4 Å². The molecule has 0 saturated heterocycles. The summed E-state index contributed by atoms with van der Waals surface area (Å²) in [5, 5.41) is 8.60. The molecule has 0 bridgehead atoms. The summed E-state index contributed by atoms with van der Waals surface area (Å²) in [6, 6.07) is 22.9. The van der Waals surface area contributed by atoms with Gasteiger partial charge in [0, 0.05) is 16.9 Å². The molecule has 0 aliphatic carbocycles. The lowest BCUT2D eigenvalue weighted by molar-refractivity contribution is -0.114. The van der Waals surface area contributed by atoms with Crippen LogP contribution in [0, 0.1) is 0 Å². The van der Waals surface area contributed by atoms with Crippen LogP contribution in [0.2, 0.25) is 0 Å². The van der Waals surface area contributed by atoms with E-state index < -0.39 is 5.91 Å². The predicted molar refractivity (Wildman–Crippen MR) is 121 cm³/mol. The maximum absolute atomic E-state index is 12.6. The van der Waals surface area contributed by atoms with Crippen molar-refractivity contribution in [1.29, 1.82) is 0 Å². The molecule has 0 fully saturated rings. The monoisotopic (exact) mass is 416 g/mol. The lowest BCUT2D eigenvalue weighted by atomic mass is 10.1. The molecule has 0 saturated carbocycles. The Labute approximate surface area is 180 Å². The van der Waals surface area contributed by atoms with Crippen LogP contribution in [0.15, 0.2) is 78.9 Å². The van der Waals surface area contributed by atoms with Crippen molar-refractivity contribution in [3.63, 3.8) is 0 Å². The van der Waals surface area contributed by atoms with E-state index in [2.05, 4.69) is 16.0 Å². The predicted octanol–water partition coefficient (Wildman–Crippen LogP) is 3.33. The highest BCUT2D eigenvalue weighted by molar-refractivity contribution is 6.00. The standard InChI is InChI=1S/C24H24N4O3/c1-16(17-8-3-2-4-9-17)27-24(31)18-10-7-11-19(14-18)28-22(29)15-26-21-13-6-5-12-20(21)23(25)30/h2-14,16,26H,15H2,1H3,(H2,25,30)(H,27,31)(H,28,29). The van der Waals surface area contributed by atoms with Gasteiger partial charge in [0.05, 0.1) is 18.2 Å². The van der Waals surface area contributed by atoms with Crippen LogP contribution in [0.1, 0.15) is 39.2 Å². The van der Waals surface area contributed by atoms with Gasteiger partial charge in [-0.3, -0.25) is 14.4 Å². The lowest BCUT2D eigenvalue weighted by Gasteiger charge is -2.15. The van der Waals surface area contributed by atoms with E-state index in [9.17, 15) is 14.4 Å². The second-order valence-electron chi connectivity index (χ2n) is 7.00. The highest BCUT2D eigenvalue weighted by atomic mass is 16.2. The van der Waals surface area contributed by atoms with Gasteiger partial charge in [-0.25, -0.2) is 0 Å². The molecule has 0 aliphatic heterocycles. The average molecular weight is 416 g/mol. The van der Waals surface area contributed by atoms with Crippen LogP contribution in [0.25, 0.3) is 0 Å². The fraction of sp³-hybridized carbons (Fsp3) is 0.125. The fourth-order valence-electron chi connectivity index (χ4n) is 3.08. The number of rotatable bonds is 8. The molecule has 7 nitrogen and oxygen atoms in total. The summed E-state index contributed by atoms with van der Waals surface area (Å²) in [5.41, 5.74) is 8.07. The van der Waals surface area contributed by atoms with Crippen molar-refractivity contribution in [2.24, 2.45) is 5.73 Å². The molecule has 1 unspecified atom stereocenters. The molecule has 0 aromatic heterocycles. The molecule has 1 atom stereocenters. The molecule has 0 aliphatic rings. The molecule has 3 aromatic rings. The first-order valence-electron chi connectivity index (χ1n) is 9.82. The number of anilines is 2. The normalized spacial score (nSPS) is 11.3. The van der Waals surface area contributed by atoms with Crippen molar-refractivity contribution >= 4 is 29.1 Å². The summed E-state index contributed by atoms with van der Waals surface area (Å²) in [5.74, 6) is -1.14. The van der Waals surface area contributed by atoms with Gasteiger partial charge in [-0.1, -0.05) is 48.5 Å². The molecular formula is C24H24N4O3. The first-order chi connectivity index (χ1) is 14.9. The Morgan fingerprint density at radius 1 is 0.903 bits per heavy atom. The number of nitrogens with two attached hydrogens (primary N) is 1. The van der Waals surface area contributed by atoms with E-state index in [1.165, 1.54) is 0 Å². The van der Waals surface area contributed by atoms with Crippen LogP contribution in [-0.2, 0) is 4.79 Å². The van der Waals surface area contributed by atoms with Gasteiger partial charge in [0.25, 0.3) is 11.8 Å². The first-order valence-corrected chi connectivity index (χ1v) is 9.82. The molecule has 7 heteroatoms. The molecule has 31 heavy (non-hydrogen) atoms. The zero-order valence-electron chi connectivity index (χ0n) is 17.1. The number of benzene rings is 3. The van der Waals surface area contributed by atoms with Crippen molar-refractivity contribution in [1.82, 2.24) is 5.32 Å². The second kappa shape index (κ2) is 10.1. The van der Waals surface area contributed by atoms with Crippen LogP contribution in [0.4, 0.5) is 11.4 Å². The zero-order valence-corrected chi connectivity index (χ0v) is 17.1. The van der Waals surface area contributed by atoms with Gasteiger partial charge >= 0.3 is 0 Å². The van der Waals surface area contributed by atoms with Crippen LogP contribution < -0.4 is 21.7 Å². The maximum atomic E-state index is 12.6. The Morgan fingerprint density at radius 3 is 2.35 bits per heavy atom. The number of amides is 3. The van der Waals surface area contributed by atoms with Gasteiger partial charge in [-0.2, -0.15) is 0 Å². The largest absolute Gasteiger partial charge is 0.376 e. The van der Waals surface area contributed by atoms with Crippen molar-refractivity contribution in [2.75, 3.05) is 17.2 Å². The van der Waals surface area contributed by atoms with Crippen molar-refractivity contribution < 1.29 is 14.4 Å². The van der Waals surface area contributed by atoms with E-state index in [4.69, 9.17) is 5.73 Å². The third kappa shape index (κ3) is 5.93. The lowest BCUT2D eigenvalue weighted by Crippen LogP contribution is -2.27. The van der Waals surface area contributed by atoms with Crippen LogP contribution >= 0.6 is 0 Å². The average Bonchev–Trinajstić information content (AvgIpc) is 2.78. The third-order valence-corrected chi connectivity index (χ3v) is 4.69. The minimum absolute atomic E-state index is 0.0637. The van der Waals surface area contributed by atoms with Gasteiger partial charge in [-0.15, -0.1) is 0 Å².